The van der Waals surface area contributed by atoms with Crippen molar-refractivity contribution in [1.29, 1.82) is 0 Å². The van der Waals surface area contributed by atoms with Crippen molar-refractivity contribution in [2.75, 3.05) is 11.5 Å². The van der Waals surface area contributed by atoms with Gasteiger partial charge in [-0.15, -0.1) is 0 Å². The van der Waals surface area contributed by atoms with Gasteiger partial charge in [-0.25, -0.2) is 8.42 Å². The van der Waals surface area contributed by atoms with Crippen LogP contribution in [0.3, 0.4) is 0 Å². The Labute approximate surface area is 106 Å². The summed E-state index contributed by atoms with van der Waals surface area (Å²) in [6, 6.07) is 6.30. The molecular weight excluding hydrogens is 262 g/mol. The first-order valence-electron chi connectivity index (χ1n) is 5.17. The van der Waals surface area contributed by atoms with Crippen LogP contribution in [0.1, 0.15) is 25.5 Å². The molecule has 0 aromatic heterocycles. The van der Waals surface area contributed by atoms with Crippen LogP contribution in [0.5, 0.6) is 0 Å². The lowest BCUT2D eigenvalue weighted by Crippen LogP contribution is -2.37. The minimum Gasteiger partial charge on any atom is -0.399 e. The van der Waals surface area contributed by atoms with E-state index in [0.29, 0.717) is 11.3 Å². The smallest absolute Gasteiger partial charge is 0.172 e. The fourth-order valence-electron chi connectivity index (χ4n) is 1.43. The van der Waals surface area contributed by atoms with Crippen LogP contribution in [-0.2, 0) is 9.84 Å². The standard InChI is InChI=1S/C11H16ClNO3S/c1-3-17(15,16)11(2,12)10(14)8-4-6-9(13)7-5-8/h4-7,10,14H,3,13H2,1-2H3/t10-,11+/m0/s1. The van der Waals surface area contributed by atoms with E-state index in [0.717, 1.165) is 0 Å². The highest BCUT2D eigenvalue weighted by Gasteiger charge is 2.43. The summed E-state index contributed by atoms with van der Waals surface area (Å²) in [6.07, 6.45) is -1.30. The monoisotopic (exact) mass is 277 g/mol. The second kappa shape index (κ2) is 4.84. The van der Waals surface area contributed by atoms with Gasteiger partial charge in [0.1, 0.15) is 6.10 Å². The zero-order chi connectivity index (χ0) is 13.3. The zero-order valence-electron chi connectivity index (χ0n) is 9.72. The van der Waals surface area contributed by atoms with E-state index in [1.807, 2.05) is 0 Å². The highest BCUT2D eigenvalue weighted by Crippen LogP contribution is 2.37. The molecule has 1 aromatic carbocycles. The molecule has 0 amide bonds. The Kier molecular flexibility index (Phi) is 4.06. The first kappa shape index (κ1) is 14.3. The van der Waals surface area contributed by atoms with E-state index in [9.17, 15) is 13.5 Å². The molecule has 0 bridgehead atoms. The van der Waals surface area contributed by atoms with Crippen molar-refractivity contribution in [1.82, 2.24) is 0 Å². The predicted molar refractivity (Wildman–Crippen MR) is 69.5 cm³/mol. The van der Waals surface area contributed by atoms with Gasteiger partial charge in [0.25, 0.3) is 0 Å². The molecule has 0 fully saturated rings. The second-order valence-corrected chi connectivity index (χ2v) is 7.62. The van der Waals surface area contributed by atoms with Gasteiger partial charge in [0, 0.05) is 11.4 Å². The van der Waals surface area contributed by atoms with Gasteiger partial charge < -0.3 is 10.8 Å². The van der Waals surface area contributed by atoms with E-state index in [1.54, 1.807) is 24.3 Å². The number of rotatable bonds is 4. The molecule has 96 valence electrons. The van der Waals surface area contributed by atoms with Crippen LogP contribution in [0.25, 0.3) is 0 Å². The lowest BCUT2D eigenvalue weighted by atomic mass is 10.1. The van der Waals surface area contributed by atoms with Gasteiger partial charge in [-0.1, -0.05) is 30.7 Å². The summed E-state index contributed by atoms with van der Waals surface area (Å²) in [4.78, 5) is 0. The van der Waals surface area contributed by atoms with Crippen LogP contribution in [-0.4, -0.2) is 23.5 Å². The van der Waals surface area contributed by atoms with Gasteiger partial charge in [-0.05, 0) is 24.6 Å². The molecule has 0 spiro atoms. The maximum Gasteiger partial charge on any atom is 0.172 e. The molecule has 0 aliphatic heterocycles. The third-order valence-electron chi connectivity index (χ3n) is 2.73. The minimum absolute atomic E-state index is 0.126. The Bertz CT molecular complexity index is 482. The van der Waals surface area contributed by atoms with Crippen molar-refractivity contribution in [3.8, 4) is 0 Å². The summed E-state index contributed by atoms with van der Waals surface area (Å²) in [5.41, 5.74) is 6.48. The lowest BCUT2D eigenvalue weighted by Gasteiger charge is -2.27. The summed E-state index contributed by atoms with van der Waals surface area (Å²) in [5, 5.41) is 10.1. The third kappa shape index (κ3) is 2.73. The second-order valence-electron chi connectivity index (χ2n) is 3.96. The number of benzene rings is 1. The third-order valence-corrected chi connectivity index (χ3v) is 5.84. The number of anilines is 1. The van der Waals surface area contributed by atoms with Crippen LogP contribution in [0.4, 0.5) is 5.69 Å². The van der Waals surface area contributed by atoms with Crippen molar-refractivity contribution >= 4 is 27.1 Å². The van der Waals surface area contributed by atoms with E-state index in [4.69, 9.17) is 17.3 Å². The van der Waals surface area contributed by atoms with Crippen LogP contribution >= 0.6 is 11.6 Å². The number of hydrogen-bond donors (Lipinski definition) is 2. The maximum atomic E-state index is 11.8. The quantitative estimate of drug-likeness (QED) is 0.648. The first-order valence-corrected chi connectivity index (χ1v) is 7.20. The fraction of sp³-hybridized carbons (Fsp3) is 0.455. The number of aliphatic hydroxyl groups excluding tert-OH is 1. The number of sulfone groups is 1. The normalized spacial score (nSPS) is 17.4. The minimum atomic E-state index is -3.57. The molecule has 3 N–H and O–H groups in total. The molecule has 1 aromatic rings. The average molecular weight is 278 g/mol. The van der Waals surface area contributed by atoms with Gasteiger partial charge in [0.05, 0.1) is 0 Å². The number of nitrogens with two attached hydrogens (primary N) is 1. The highest BCUT2D eigenvalue weighted by molar-refractivity contribution is 7.94. The van der Waals surface area contributed by atoms with Gasteiger partial charge >= 0.3 is 0 Å². The number of alkyl halides is 1. The number of hydrogen-bond acceptors (Lipinski definition) is 4. The van der Waals surface area contributed by atoms with Gasteiger partial charge in [0.15, 0.2) is 14.0 Å². The van der Waals surface area contributed by atoms with Gasteiger partial charge in [-0.2, -0.15) is 0 Å². The van der Waals surface area contributed by atoms with Crippen LogP contribution in [0.2, 0.25) is 0 Å². The summed E-state index contributed by atoms with van der Waals surface area (Å²) in [6.45, 7) is 2.79. The first-order chi connectivity index (χ1) is 7.72. The molecule has 17 heavy (non-hydrogen) atoms. The maximum absolute atomic E-state index is 11.8. The molecule has 0 aliphatic carbocycles. The van der Waals surface area contributed by atoms with Crippen molar-refractivity contribution < 1.29 is 13.5 Å². The van der Waals surface area contributed by atoms with Gasteiger partial charge in [0.2, 0.25) is 0 Å². The van der Waals surface area contributed by atoms with Crippen LogP contribution < -0.4 is 5.73 Å². The van der Waals surface area contributed by atoms with Crippen molar-refractivity contribution in [3.63, 3.8) is 0 Å². The Morgan fingerprint density at radius 3 is 2.29 bits per heavy atom. The van der Waals surface area contributed by atoms with E-state index in [1.165, 1.54) is 13.8 Å². The van der Waals surface area contributed by atoms with Crippen molar-refractivity contribution in [3.05, 3.63) is 29.8 Å². The SMILES string of the molecule is CCS(=O)(=O)[C@@](C)(Cl)[C@@H](O)c1ccc(N)cc1. The largest absolute Gasteiger partial charge is 0.399 e. The molecule has 6 heteroatoms. The highest BCUT2D eigenvalue weighted by atomic mass is 35.5. The molecule has 0 unspecified atom stereocenters. The number of aliphatic hydroxyl groups is 1. The van der Waals surface area contributed by atoms with Gasteiger partial charge in [-0.3, -0.25) is 0 Å². The summed E-state index contributed by atoms with van der Waals surface area (Å²) >= 11 is 5.98. The zero-order valence-corrected chi connectivity index (χ0v) is 11.3. The molecule has 4 nitrogen and oxygen atoms in total. The predicted octanol–water partition coefficient (Wildman–Crippen LogP) is 1.69. The Morgan fingerprint density at radius 2 is 1.88 bits per heavy atom. The molecule has 0 aliphatic rings. The molecule has 0 heterocycles. The molecule has 0 radical (unpaired) electrons. The molecule has 0 saturated heterocycles. The van der Waals surface area contributed by atoms with E-state index < -0.39 is 20.1 Å². The van der Waals surface area contributed by atoms with Crippen LogP contribution in [0.15, 0.2) is 24.3 Å². The Balaban J connectivity index is 3.12. The Hall–Kier alpha value is -0.780. The summed E-state index contributed by atoms with van der Waals surface area (Å²) < 4.78 is 21.8. The fourth-order valence-corrected chi connectivity index (χ4v) is 2.92. The van der Waals surface area contributed by atoms with Crippen molar-refractivity contribution in [2.24, 2.45) is 0 Å². The van der Waals surface area contributed by atoms with Crippen LogP contribution in [0, 0.1) is 0 Å². The number of nitrogen functional groups attached to an aromatic ring is 1. The molecular formula is C11H16ClNO3S. The Morgan fingerprint density at radius 1 is 1.41 bits per heavy atom. The van der Waals surface area contributed by atoms with E-state index >= 15 is 0 Å². The van der Waals surface area contributed by atoms with Crippen molar-refractivity contribution in [2.45, 2.75) is 24.2 Å². The summed E-state index contributed by atoms with van der Waals surface area (Å²) in [5.74, 6) is -0.126. The topological polar surface area (TPSA) is 80.4 Å². The number of halogens is 1. The molecule has 2 atom stereocenters. The lowest BCUT2D eigenvalue weighted by molar-refractivity contribution is 0.162. The molecule has 0 saturated carbocycles. The molecule has 1 rings (SSSR count). The average Bonchev–Trinajstić information content (AvgIpc) is 2.28. The van der Waals surface area contributed by atoms with E-state index in [2.05, 4.69) is 0 Å². The van der Waals surface area contributed by atoms with E-state index in [-0.39, 0.29) is 5.75 Å². The summed E-state index contributed by atoms with van der Waals surface area (Å²) in [7, 11) is -3.57.